The molecule has 0 fully saturated rings. The molecule has 0 radical (unpaired) electrons. The summed E-state index contributed by atoms with van der Waals surface area (Å²) in [4.78, 5) is 0. The molecule has 3 heteroatoms. The lowest BCUT2D eigenvalue weighted by atomic mass is 10.2. The van der Waals surface area contributed by atoms with Gasteiger partial charge in [0.15, 0.2) is 0 Å². The monoisotopic (exact) mass is 319 g/mol. The van der Waals surface area contributed by atoms with Gasteiger partial charge in [0.25, 0.3) is 0 Å². The molecule has 0 unspecified atom stereocenters. The maximum atomic E-state index is 5.98. The predicted molar refractivity (Wildman–Crippen MR) is 82.7 cm³/mol. The van der Waals surface area contributed by atoms with Crippen molar-refractivity contribution in [2.75, 3.05) is 6.54 Å². The third-order valence-electron chi connectivity index (χ3n) is 2.77. The molecule has 1 N–H and O–H groups in total. The van der Waals surface area contributed by atoms with E-state index in [9.17, 15) is 0 Å². The smallest absolute Gasteiger partial charge is 0.141 e. The Bertz CT molecular complexity index is 528. The normalized spacial score (nSPS) is 10.4. The molecule has 0 saturated carbocycles. The summed E-state index contributed by atoms with van der Waals surface area (Å²) < 4.78 is 6.95. The van der Waals surface area contributed by atoms with Crippen molar-refractivity contribution in [2.24, 2.45) is 0 Å². The number of para-hydroxylation sites is 2. The minimum absolute atomic E-state index is 0.828. The Morgan fingerprint density at radius 1 is 1.00 bits per heavy atom. The lowest BCUT2D eigenvalue weighted by Gasteiger charge is -2.12. The second-order valence-electron chi connectivity index (χ2n) is 4.32. The van der Waals surface area contributed by atoms with Crippen LogP contribution in [0.1, 0.15) is 18.9 Å². The van der Waals surface area contributed by atoms with Gasteiger partial charge in [-0.3, -0.25) is 0 Å². The Morgan fingerprint density at radius 3 is 2.42 bits per heavy atom. The third-order valence-corrected chi connectivity index (χ3v) is 3.43. The number of halogens is 1. The Kier molecular flexibility index (Phi) is 5.43. The fraction of sp³-hybridized carbons (Fsp3) is 0.250. The molecule has 2 aromatic rings. The first kappa shape index (κ1) is 14.1. The van der Waals surface area contributed by atoms with Gasteiger partial charge in [-0.25, -0.2) is 0 Å². The van der Waals surface area contributed by atoms with E-state index in [0.717, 1.165) is 35.5 Å². The highest BCUT2D eigenvalue weighted by atomic mass is 79.9. The SMILES string of the molecule is CCCNCc1ccccc1Oc1ccccc1Br. The number of rotatable bonds is 6. The summed E-state index contributed by atoms with van der Waals surface area (Å²) in [5, 5.41) is 3.40. The summed E-state index contributed by atoms with van der Waals surface area (Å²) in [5.74, 6) is 1.74. The molecule has 2 nitrogen and oxygen atoms in total. The number of nitrogens with one attached hydrogen (secondary N) is 1. The summed E-state index contributed by atoms with van der Waals surface area (Å²) in [6.45, 7) is 4.01. The predicted octanol–water partition coefficient (Wildman–Crippen LogP) is 4.74. The minimum Gasteiger partial charge on any atom is -0.456 e. The van der Waals surface area contributed by atoms with E-state index in [2.05, 4.69) is 34.2 Å². The lowest BCUT2D eigenvalue weighted by molar-refractivity contribution is 0.470. The van der Waals surface area contributed by atoms with Gasteiger partial charge in [0.1, 0.15) is 11.5 Å². The third kappa shape index (κ3) is 4.08. The van der Waals surface area contributed by atoms with E-state index in [1.165, 1.54) is 5.56 Å². The van der Waals surface area contributed by atoms with Gasteiger partial charge >= 0.3 is 0 Å². The molecule has 0 atom stereocenters. The topological polar surface area (TPSA) is 21.3 Å². The zero-order valence-corrected chi connectivity index (χ0v) is 12.6. The first-order valence-corrected chi connectivity index (χ1v) is 7.31. The molecular weight excluding hydrogens is 302 g/mol. The molecule has 0 aliphatic heterocycles. The van der Waals surface area contributed by atoms with E-state index in [0.29, 0.717) is 0 Å². The van der Waals surface area contributed by atoms with Crippen LogP contribution in [0.15, 0.2) is 53.0 Å². The molecule has 0 bridgehead atoms. The van der Waals surface area contributed by atoms with Crippen molar-refractivity contribution in [3.8, 4) is 11.5 Å². The first-order valence-electron chi connectivity index (χ1n) is 6.52. The highest BCUT2D eigenvalue weighted by Crippen LogP contribution is 2.31. The van der Waals surface area contributed by atoms with Gasteiger partial charge in [-0.15, -0.1) is 0 Å². The van der Waals surface area contributed by atoms with Crippen LogP contribution in [0, 0.1) is 0 Å². The summed E-state index contributed by atoms with van der Waals surface area (Å²) in [7, 11) is 0. The zero-order valence-electron chi connectivity index (χ0n) is 11.0. The van der Waals surface area contributed by atoms with E-state index >= 15 is 0 Å². The number of ether oxygens (including phenoxy) is 1. The van der Waals surface area contributed by atoms with E-state index in [-0.39, 0.29) is 0 Å². The summed E-state index contributed by atoms with van der Waals surface area (Å²) in [5.41, 5.74) is 1.17. The molecule has 0 aliphatic carbocycles. The van der Waals surface area contributed by atoms with Crippen molar-refractivity contribution in [3.63, 3.8) is 0 Å². The van der Waals surface area contributed by atoms with Crippen molar-refractivity contribution in [1.29, 1.82) is 0 Å². The molecule has 0 amide bonds. The van der Waals surface area contributed by atoms with E-state index < -0.39 is 0 Å². The van der Waals surface area contributed by atoms with Crippen LogP contribution in [-0.4, -0.2) is 6.54 Å². The zero-order chi connectivity index (χ0) is 13.5. The molecule has 2 rings (SSSR count). The van der Waals surface area contributed by atoms with Crippen LogP contribution in [0.4, 0.5) is 0 Å². The average Bonchev–Trinajstić information content (AvgIpc) is 2.43. The summed E-state index contributed by atoms with van der Waals surface area (Å²) in [6.07, 6.45) is 1.13. The second-order valence-corrected chi connectivity index (χ2v) is 5.17. The Balaban J connectivity index is 2.13. The van der Waals surface area contributed by atoms with E-state index in [4.69, 9.17) is 4.74 Å². The van der Waals surface area contributed by atoms with Crippen molar-refractivity contribution < 1.29 is 4.74 Å². The Hall–Kier alpha value is -1.32. The molecular formula is C16H18BrNO. The van der Waals surface area contributed by atoms with Gasteiger partial charge in [-0.2, -0.15) is 0 Å². The maximum Gasteiger partial charge on any atom is 0.141 e. The maximum absolute atomic E-state index is 5.98. The fourth-order valence-electron chi connectivity index (χ4n) is 1.80. The lowest BCUT2D eigenvalue weighted by Crippen LogP contribution is -2.14. The molecule has 0 heterocycles. The largest absolute Gasteiger partial charge is 0.456 e. The standard InChI is InChI=1S/C16H18BrNO/c1-2-11-18-12-13-7-3-5-9-15(13)19-16-10-6-4-8-14(16)17/h3-10,18H,2,11-12H2,1H3. The molecule has 0 aliphatic rings. The van der Waals surface area contributed by atoms with Gasteiger partial charge < -0.3 is 10.1 Å². The van der Waals surface area contributed by atoms with Crippen LogP contribution in [-0.2, 0) is 6.54 Å². The molecule has 100 valence electrons. The van der Waals surface area contributed by atoms with Crippen molar-refractivity contribution >= 4 is 15.9 Å². The van der Waals surface area contributed by atoms with E-state index in [1.54, 1.807) is 0 Å². The van der Waals surface area contributed by atoms with Crippen LogP contribution in [0.25, 0.3) is 0 Å². The van der Waals surface area contributed by atoms with Crippen LogP contribution in [0.3, 0.4) is 0 Å². The molecule has 2 aromatic carbocycles. The fourth-order valence-corrected chi connectivity index (χ4v) is 2.16. The van der Waals surface area contributed by atoms with Gasteiger partial charge in [0.2, 0.25) is 0 Å². The quantitative estimate of drug-likeness (QED) is 0.776. The van der Waals surface area contributed by atoms with Crippen LogP contribution in [0.5, 0.6) is 11.5 Å². The second kappa shape index (κ2) is 7.31. The number of benzene rings is 2. The minimum atomic E-state index is 0.828. The van der Waals surface area contributed by atoms with E-state index in [1.807, 2.05) is 42.5 Å². The van der Waals surface area contributed by atoms with Crippen molar-refractivity contribution in [1.82, 2.24) is 5.32 Å². The highest BCUT2D eigenvalue weighted by molar-refractivity contribution is 9.10. The van der Waals surface area contributed by atoms with Crippen LogP contribution < -0.4 is 10.1 Å². The molecule has 0 aromatic heterocycles. The Morgan fingerprint density at radius 2 is 1.68 bits per heavy atom. The molecule has 0 saturated heterocycles. The first-order chi connectivity index (χ1) is 9.31. The molecule has 0 spiro atoms. The van der Waals surface area contributed by atoms with Crippen LogP contribution in [0.2, 0.25) is 0 Å². The van der Waals surface area contributed by atoms with Crippen LogP contribution >= 0.6 is 15.9 Å². The van der Waals surface area contributed by atoms with Gasteiger partial charge in [-0.05, 0) is 47.1 Å². The van der Waals surface area contributed by atoms with Gasteiger partial charge in [0, 0.05) is 12.1 Å². The van der Waals surface area contributed by atoms with Crippen molar-refractivity contribution in [2.45, 2.75) is 19.9 Å². The van der Waals surface area contributed by atoms with Gasteiger partial charge in [0.05, 0.1) is 4.47 Å². The average molecular weight is 320 g/mol. The van der Waals surface area contributed by atoms with Crippen molar-refractivity contribution in [3.05, 3.63) is 58.6 Å². The van der Waals surface area contributed by atoms with Gasteiger partial charge in [-0.1, -0.05) is 37.3 Å². The molecule has 19 heavy (non-hydrogen) atoms. The Labute approximate surface area is 122 Å². The summed E-state index contributed by atoms with van der Waals surface area (Å²) in [6, 6.07) is 16.0. The number of hydrogen-bond acceptors (Lipinski definition) is 2. The summed E-state index contributed by atoms with van der Waals surface area (Å²) >= 11 is 3.50. The highest BCUT2D eigenvalue weighted by Gasteiger charge is 2.06. The number of hydrogen-bond donors (Lipinski definition) is 1.